The number of benzene rings is 2. The lowest BCUT2D eigenvalue weighted by Gasteiger charge is -2.30. The number of phenols is 1. The quantitative estimate of drug-likeness (QED) is 0.393. The van der Waals surface area contributed by atoms with Crippen LogP contribution in [0.4, 0.5) is 17.8 Å². The van der Waals surface area contributed by atoms with Gasteiger partial charge in [-0.1, -0.05) is 36.4 Å². The average molecular weight is 476 g/mol. The zero-order valence-corrected chi connectivity index (χ0v) is 19.5. The Bertz CT molecular complexity index is 1110. The monoisotopic (exact) mass is 475 g/mol. The minimum absolute atomic E-state index is 0.158. The van der Waals surface area contributed by atoms with Crippen LogP contribution in [0.2, 0.25) is 0 Å². The summed E-state index contributed by atoms with van der Waals surface area (Å²) in [6.07, 6.45) is 2.35. The summed E-state index contributed by atoms with van der Waals surface area (Å²) in [7, 11) is 0. The number of morpholine rings is 2. The van der Waals surface area contributed by atoms with Crippen LogP contribution in [-0.4, -0.2) is 78.9 Å². The molecule has 0 bridgehead atoms. The van der Waals surface area contributed by atoms with Gasteiger partial charge in [-0.15, -0.1) is 0 Å². The Morgan fingerprint density at radius 1 is 0.829 bits per heavy atom. The van der Waals surface area contributed by atoms with Crippen LogP contribution < -0.4 is 15.2 Å². The summed E-state index contributed by atoms with van der Waals surface area (Å²) in [4.78, 5) is 18.0. The molecule has 0 aliphatic carbocycles. The predicted molar refractivity (Wildman–Crippen MR) is 134 cm³/mol. The highest BCUT2D eigenvalue weighted by Gasteiger charge is 2.20. The minimum Gasteiger partial charge on any atom is -0.507 e. The predicted octanol–water partition coefficient (Wildman–Crippen LogP) is 2.29. The Morgan fingerprint density at radius 2 is 1.46 bits per heavy atom. The van der Waals surface area contributed by atoms with Crippen molar-refractivity contribution in [2.24, 2.45) is 5.10 Å². The lowest BCUT2D eigenvalue weighted by Crippen LogP contribution is -2.40. The van der Waals surface area contributed by atoms with Crippen LogP contribution in [0.5, 0.6) is 5.75 Å². The zero-order chi connectivity index (χ0) is 23.9. The van der Waals surface area contributed by atoms with Crippen LogP contribution in [0.15, 0.2) is 53.6 Å². The number of nitrogens with zero attached hydrogens (tertiary/aromatic N) is 6. The van der Waals surface area contributed by atoms with E-state index in [1.165, 1.54) is 5.56 Å². The molecule has 182 valence electrons. The third-order valence-corrected chi connectivity index (χ3v) is 5.91. The molecule has 0 atom stereocenters. The average Bonchev–Trinajstić information content (AvgIpc) is 2.92. The number of nitrogens with one attached hydrogen (secondary N) is 1. The Hall–Kier alpha value is -3.76. The van der Waals surface area contributed by atoms with Crippen molar-refractivity contribution in [1.29, 1.82) is 0 Å². The molecule has 0 spiro atoms. The lowest BCUT2D eigenvalue weighted by molar-refractivity contribution is 0.121. The number of anilines is 3. The normalized spacial score (nSPS) is 16.6. The van der Waals surface area contributed by atoms with Crippen LogP contribution >= 0.6 is 0 Å². The van der Waals surface area contributed by atoms with E-state index in [0.717, 1.165) is 38.2 Å². The van der Waals surface area contributed by atoms with E-state index >= 15 is 0 Å². The summed E-state index contributed by atoms with van der Waals surface area (Å²) in [5, 5.41) is 14.6. The van der Waals surface area contributed by atoms with Crippen LogP contribution in [0.1, 0.15) is 16.7 Å². The molecule has 2 saturated heterocycles. The summed E-state index contributed by atoms with van der Waals surface area (Å²) in [6.45, 7) is 5.43. The van der Waals surface area contributed by atoms with Gasteiger partial charge in [-0.05, 0) is 29.7 Å². The van der Waals surface area contributed by atoms with E-state index in [1.807, 2.05) is 30.3 Å². The molecular weight excluding hydrogens is 446 g/mol. The largest absolute Gasteiger partial charge is 0.507 e. The summed E-state index contributed by atoms with van der Waals surface area (Å²) in [6, 6.07) is 15.7. The van der Waals surface area contributed by atoms with Gasteiger partial charge in [-0.25, -0.2) is 5.43 Å². The molecule has 3 heterocycles. The number of rotatable bonds is 7. The molecule has 2 fully saturated rings. The van der Waals surface area contributed by atoms with Crippen molar-refractivity contribution in [1.82, 2.24) is 15.0 Å². The van der Waals surface area contributed by atoms with Crippen molar-refractivity contribution in [3.05, 3.63) is 65.2 Å². The molecule has 10 heteroatoms. The van der Waals surface area contributed by atoms with Gasteiger partial charge in [-0.3, -0.25) is 0 Å². The second-order valence-corrected chi connectivity index (χ2v) is 8.38. The fourth-order valence-corrected chi connectivity index (χ4v) is 4.02. The van der Waals surface area contributed by atoms with Gasteiger partial charge in [0.25, 0.3) is 0 Å². The molecule has 2 aliphatic rings. The standard InChI is InChI=1S/C25H29N7O3/c33-22-7-6-20(16-19-4-2-1-3-5-19)17-21(22)18-26-30-23-27-24(31-8-12-34-13-9-31)29-25(28-23)32-10-14-35-15-11-32/h1-7,17-18,33H,8-16H2,(H,27,28,29,30)/b26-18-. The van der Waals surface area contributed by atoms with E-state index in [4.69, 9.17) is 14.5 Å². The molecule has 2 aliphatic heterocycles. The fraction of sp³-hybridized carbons (Fsp3) is 0.360. The third-order valence-electron chi connectivity index (χ3n) is 5.91. The van der Waals surface area contributed by atoms with Crippen LogP contribution in [-0.2, 0) is 15.9 Å². The van der Waals surface area contributed by atoms with Crippen molar-refractivity contribution in [3.63, 3.8) is 0 Å². The van der Waals surface area contributed by atoms with E-state index < -0.39 is 0 Å². The van der Waals surface area contributed by atoms with Gasteiger partial charge in [0.15, 0.2) is 0 Å². The molecule has 0 saturated carbocycles. The molecule has 10 nitrogen and oxygen atoms in total. The summed E-state index contributed by atoms with van der Waals surface area (Å²) >= 11 is 0. The van der Waals surface area contributed by atoms with E-state index in [2.05, 4.69) is 42.4 Å². The van der Waals surface area contributed by atoms with Gasteiger partial charge >= 0.3 is 0 Å². The molecule has 3 aromatic rings. The fourth-order valence-electron chi connectivity index (χ4n) is 4.02. The molecular formula is C25H29N7O3. The SMILES string of the molecule is Oc1ccc(Cc2ccccc2)cc1/C=N\Nc1nc(N2CCOCC2)nc(N2CCOCC2)n1. The van der Waals surface area contributed by atoms with Gasteiger partial charge in [0.05, 0.1) is 32.6 Å². The van der Waals surface area contributed by atoms with Crippen molar-refractivity contribution < 1.29 is 14.6 Å². The number of aromatic hydroxyl groups is 1. The van der Waals surface area contributed by atoms with E-state index in [0.29, 0.717) is 49.8 Å². The van der Waals surface area contributed by atoms with Crippen molar-refractivity contribution in [3.8, 4) is 5.75 Å². The Balaban J connectivity index is 1.34. The van der Waals surface area contributed by atoms with Gasteiger partial charge in [0, 0.05) is 31.7 Å². The Morgan fingerprint density at radius 3 is 2.09 bits per heavy atom. The first-order chi connectivity index (χ1) is 17.2. The molecule has 0 unspecified atom stereocenters. The summed E-state index contributed by atoms with van der Waals surface area (Å²) in [5.41, 5.74) is 5.83. The van der Waals surface area contributed by atoms with Gasteiger partial charge in [-0.2, -0.15) is 20.1 Å². The number of aromatic nitrogens is 3. The van der Waals surface area contributed by atoms with E-state index in [1.54, 1.807) is 12.3 Å². The zero-order valence-electron chi connectivity index (χ0n) is 19.5. The highest BCUT2D eigenvalue weighted by atomic mass is 16.5. The van der Waals surface area contributed by atoms with Gasteiger partial charge < -0.3 is 24.4 Å². The van der Waals surface area contributed by atoms with Crippen molar-refractivity contribution >= 4 is 24.1 Å². The molecule has 0 amide bonds. The van der Waals surface area contributed by atoms with Crippen molar-refractivity contribution in [2.75, 3.05) is 67.8 Å². The first-order valence-electron chi connectivity index (χ1n) is 11.8. The number of ether oxygens (including phenoxy) is 2. The first-order valence-corrected chi connectivity index (χ1v) is 11.8. The number of hydrogen-bond donors (Lipinski definition) is 2. The highest BCUT2D eigenvalue weighted by Crippen LogP contribution is 2.21. The smallest absolute Gasteiger partial charge is 0.250 e. The van der Waals surface area contributed by atoms with Crippen LogP contribution in [0.25, 0.3) is 0 Å². The number of phenolic OH excluding ortho intramolecular Hbond substituents is 1. The minimum atomic E-state index is 0.158. The maximum Gasteiger partial charge on any atom is 0.250 e. The second-order valence-electron chi connectivity index (χ2n) is 8.38. The maximum atomic E-state index is 10.3. The first kappa shape index (κ1) is 23.0. The van der Waals surface area contributed by atoms with Crippen molar-refractivity contribution in [2.45, 2.75) is 6.42 Å². The molecule has 2 N–H and O–H groups in total. The topological polar surface area (TPSA) is 108 Å². The Labute approximate surface area is 204 Å². The summed E-state index contributed by atoms with van der Waals surface area (Å²) < 4.78 is 10.9. The maximum absolute atomic E-state index is 10.3. The van der Waals surface area contributed by atoms with Gasteiger partial charge in [0.2, 0.25) is 17.8 Å². The van der Waals surface area contributed by atoms with Crippen LogP contribution in [0.3, 0.4) is 0 Å². The second kappa shape index (κ2) is 11.1. The lowest BCUT2D eigenvalue weighted by atomic mass is 10.0. The molecule has 5 rings (SSSR count). The third kappa shape index (κ3) is 6.03. The van der Waals surface area contributed by atoms with E-state index in [-0.39, 0.29) is 5.75 Å². The molecule has 2 aromatic carbocycles. The molecule has 1 aromatic heterocycles. The van der Waals surface area contributed by atoms with Crippen LogP contribution in [0, 0.1) is 0 Å². The molecule has 0 radical (unpaired) electrons. The molecule has 35 heavy (non-hydrogen) atoms. The highest BCUT2D eigenvalue weighted by molar-refractivity contribution is 5.84. The number of hydrazone groups is 1. The Kier molecular flexibility index (Phi) is 7.30. The number of hydrogen-bond acceptors (Lipinski definition) is 10. The van der Waals surface area contributed by atoms with Gasteiger partial charge in [0.1, 0.15) is 5.75 Å². The van der Waals surface area contributed by atoms with E-state index in [9.17, 15) is 5.11 Å². The summed E-state index contributed by atoms with van der Waals surface area (Å²) in [5.74, 6) is 1.69.